The van der Waals surface area contributed by atoms with Gasteiger partial charge in [0.05, 0.1) is 12.2 Å². The number of aromatic nitrogens is 3. The second kappa shape index (κ2) is 7.86. The molecule has 0 saturated heterocycles. The Bertz CT molecular complexity index is 914. The van der Waals surface area contributed by atoms with E-state index in [9.17, 15) is 0 Å². The molecule has 6 heteroatoms. The lowest BCUT2D eigenvalue weighted by Gasteiger charge is -2.10. The van der Waals surface area contributed by atoms with Crippen molar-refractivity contribution < 1.29 is 4.74 Å². The molecule has 0 aliphatic rings. The summed E-state index contributed by atoms with van der Waals surface area (Å²) in [5, 5.41) is 18.4. The molecule has 0 radical (unpaired) electrons. The molecule has 3 rings (SSSR count). The van der Waals surface area contributed by atoms with E-state index < -0.39 is 0 Å². The maximum Gasteiger partial charge on any atom is 0.195 e. The first kappa shape index (κ1) is 17.1. The third-order valence-electron chi connectivity index (χ3n) is 3.63. The number of hydrogen-bond acceptors (Lipinski definition) is 5. The summed E-state index contributed by atoms with van der Waals surface area (Å²) in [4.78, 5) is 0. The monoisotopic (exact) mass is 350 g/mol. The third kappa shape index (κ3) is 4.01. The topological polar surface area (TPSA) is 63.7 Å². The van der Waals surface area contributed by atoms with E-state index in [1.54, 1.807) is 17.8 Å². The molecule has 0 spiro atoms. The predicted molar refractivity (Wildman–Crippen MR) is 98.2 cm³/mol. The van der Waals surface area contributed by atoms with Gasteiger partial charge in [0.2, 0.25) is 0 Å². The maximum atomic E-state index is 9.08. The van der Waals surface area contributed by atoms with Gasteiger partial charge in [0.15, 0.2) is 5.16 Å². The summed E-state index contributed by atoms with van der Waals surface area (Å²) in [6.07, 6.45) is 0. The van der Waals surface area contributed by atoms with Crippen LogP contribution in [0.15, 0.2) is 53.7 Å². The van der Waals surface area contributed by atoms with Crippen LogP contribution in [0, 0.1) is 25.2 Å². The van der Waals surface area contributed by atoms with Gasteiger partial charge in [-0.3, -0.25) is 4.57 Å². The van der Waals surface area contributed by atoms with Crippen molar-refractivity contribution >= 4 is 11.8 Å². The van der Waals surface area contributed by atoms with Crippen LogP contribution >= 0.6 is 11.8 Å². The van der Waals surface area contributed by atoms with Crippen LogP contribution < -0.4 is 4.74 Å². The molecule has 126 valence electrons. The van der Waals surface area contributed by atoms with Crippen LogP contribution in [0.3, 0.4) is 0 Å². The minimum Gasteiger partial charge on any atom is -0.491 e. The maximum absolute atomic E-state index is 9.08. The lowest BCUT2D eigenvalue weighted by molar-refractivity contribution is 0.343. The average molecular weight is 350 g/mol. The second-order valence-corrected chi connectivity index (χ2v) is 6.57. The molecule has 0 fully saturated rings. The van der Waals surface area contributed by atoms with Gasteiger partial charge in [0, 0.05) is 11.4 Å². The highest BCUT2D eigenvalue weighted by atomic mass is 32.2. The van der Waals surface area contributed by atoms with Gasteiger partial charge in [0.1, 0.15) is 17.6 Å². The van der Waals surface area contributed by atoms with Gasteiger partial charge in [-0.1, -0.05) is 36.0 Å². The quantitative estimate of drug-likeness (QED) is 0.498. The fourth-order valence-corrected chi connectivity index (χ4v) is 3.28. The average Bonchev–Trinajstić information content (AvgIpc) is 2.99. The standard InChI is InChI=1S/C19H18N4OS/c1-14-6-5-8-17(12-14)23-15(2)21-22-19(23)25-11-10-24-18-9-4-3-7-16(18)13-20/h3-9,12H,10-11H2,1-2H3. The molecule has 0 bridgehead atoms. The van der Waals surface area contributed by atoms with Gasteiger partial charge in [-0.15, -0.1) is 10.2 Å². The van der Waals surface area contributed by atoms with Crippen LogP contribution in [-0.4, -0.2) is 27.1 Å². The zero-order valence-electron chi connectivity index (χ0n) is 14.1. The first-order valence-corrected chi connectivity index (χ1v) is 8.91. The molecular formula is C19H18N4OS. The zero-order valence-corrected chi connectivity index (χ0v) is 15.0. The van der Waals surface area contributed by atoms with Gasteiger partial charge >= 0.3 is 0 Å². The number of ether oxygens (including phenoxy) is 1. The first-order valence-electron chi connectivity index (χ1n) is 7.93. The van der Waals surface area contributed by atoms with E-state index in [2.05, 4.69) is 35.3 Å². The van der Waals surface area contributed by atoms with Crippen LogP contribution in [0.4, 0.5) is 0 Å². The number of hydrogen-bond donors (Lipinski definition) is 0. The van der Waals surface area contributed by atoms with E-state index in [0.717, 1.165) is 16.7 Å². The number of thioether (sulfide) groups is 1. The van der Waals surface area contributed by atoms with E-state index >= 15 is 0 Å². The molecule has 0 unspecified atom stereocenters. The van der Waals surface area contributed by atoms with Crippen molar-refractivity contribution in [2.45, 2.75) is 19.0 Å². The lowest BCUT2D eigenvalue weighted by Crippen LogP contribution is -2.04. The summed E-state index contributed by atoms with van der Waals surface area (Å²) >= 11 is 1.58. The summed E-state index contributed by atoms with van der Waals surface area (Å²) in [5.41, 5.74) is 2.80. The normalized spacial score (nSPS) is 10.4. The van der Waals surface area contributed by atoms with E-state index in [4.69, 9.17) is 10.00 Å². The minimum atomic E-state index is 0.489. The Morgan fingerprint density at radius 1 is 1.12 bits per heavy atom. The smallest absolute Gasteiger partial charge is 0.195 e. The number of aryl methyl sites for hydroxylation is 2. The Morgan fingerprint density at radius 2 is 1.96 bits per heavy atom. The predicted octanol–water partition coefficient (Wildman–Crippen LogP) is 3.93. The van der Waals surface area contributed by atoms with Crippen molar-refractivity contribution in [3.8, 4) is 17.5 Å². The van der Waals surface area contributed by atoms with Crippen molar-refractivity contribution in [2.75, 3.05) is 12.4 Å². The van der Waals surface area contributed by atoms with Gasteiger partial charge < -0.3 is 4.74 Å². The molecule has 0 N–H and O–H groups in total. The minimum absolute atomic E-state index is 0.489. The van der Waals surface area contributed by atoms with Crippen LogP contribution in [0.1, 0.15) is 17.0 Å². The molecule has 3 aromatic rings. The fourth-order valence-electron chi connectivity index (χ4n) is 2.47. The summed E-state index contributed by atoms with van der Waals surface area (Å²) in [6, 6.07) is 17.6. The molecule has 0 aliphatic heterocycles. The highest BCUT2D eigenvalue weighted by Gasteiger charge is 2.11. The highest BCUT2D eigenvalue weighted by Crippen LogP contribution is 2.23. The Hall–Kier alpha value is -2.78. The number of benzene rings is 2. The van der Waals surface area contributed by atoms with Gasteiger partial charge in [0.25, 0.3) is 0 Å². The summed E-state index contributed by atoms with van der Waals surface area (Å²) in [6.45, 7) is 4.50. The van der Waals surface area contributed by atoms with Crippen LogP contribution in [0.25, 0.3) is 5.69 Å². The van der Waals surface area contributed by atoms with Gasteiger partial charge in [-0.05, 0) is 43.7 Å². The molecule has 1 heterocycles. The number of nitrogens with zero attached hydrogens (tertiary/aromatic N) is 4. The molecule has 0 aliphatic carbocycles. The summed E-state index contributed by atoms with van der Waals surface area (Å²) in [7, 11) is 0. The van der Waals surface area contributed by atoms with E-state index in [1.807, 2.05) is 41.8 Å². The van der Waals surface area contributed by atoms with Crippen molar-refractivity contribution in [2.24, 2.45) is 0 Å². The molecule has 2 aromatic carbocycles. The van der Waals surface area contributed by atoms with E-state index in [1.165, 1.54) is 5.56 Å². The van der Waals surface area contributed by atoms with Crippen LogP contribution in [-0.2, 0) is 0 Å². The van der Waals surface area contributed by atoms with Gasteiger partial charge in [-0.2, -0.15) is 5.26 Å². The fraction of sp³-hybridized carbons (Fsp3) is 0.211. The first-order chi connectivity index (χ1) is 12.2. The Balaban J connectivity index is 1.66. The van der Waals surface area contributed by atoms with Crippen molar-refractivity contribution in [3.05, 3.63) is 65.5 Å². The summed E-state index contributed by atoms with van der Waals surface area (Å²) in [5.74, 6) is 2.18. The Labute approximate surface area is 151 Å². The molecule has 5 nitrogen and oxygen atoms in total. The molecule has 1 aromatic heterocycles. The molecule has 0 amide bonds. The van der Waals surface area contributed by atoms with Gasteiger partial charge in [-0.25, -0.2) is 0 Å². The van der Waals surface area contributed by atoms with E-state index in [-0.39, 0.29) is 0 Å². The third-order valence-corrected chi connectivity index (χ3v) is 4.53. The Morgan fingerprint density at radius 3 is 2.76 bits per heavy atom. The van der Waals surface area contributed by atoms with Crippen LogP contribution in [0.2, 0.25) is 0 Å². The number of nitriles is 1. The second-order valence-electron chi connectivity index (χ2n) is 5.51. The number of rotatable bonds is 6. The largest absolute Gasteiger partial charge is 0.491 e. The van der Waals surface area contributed by atoms with E-state index in [0.29, 0.717) is 23.7 Å². The van der Waals surface area contributed by atoms with Crippen molar-refractivity contribution in [3.63, 3.8) is 0 Å². The number of para-hydroxylation sites is 1. The molecule has 0 atom stereocenters. The summed E-state index contributed by atoms with van der Waals surface area (Å²) < 4.78 is 7.76. The lowest BCUT2D eigenvalue weighted by atomic mass is 10.2. The molecule has 0 saturated carbocycles. The Kier molecular flexibility index (Phi) is 5.36. The van der Waals surface area contributed by atoms with Crippen molar-refractivity contribution in [1.29, 1.82) is 5.26 Å². The van der Waals surface area contributed by atoms with Crippen LogP contribution in [0.5, 0.6) is 5.75 Å². The highest BCUT2D eigenvalue weighted by molar-refractivity contribution is 7.99. The van der Waals surface area contributed by atoms with Crippen molar-refractivity contribution in [1.82, 2.24) is 14.8 Å². The zero-order chi connectivity index (χ0) is 17.6. The SMILES string of the molecule is Cc1cccc(-n2c(C)nnc2SCCOc2ccccc2C#N)c1. The molecule has 25 heavy (non-hydrogen) atoms. The molecular weight excluding hydrogens is 332 g/mol.